The van der Waals surface area contributed by atoms with E-state index >= 15 is 0 Å². The fourth-order valence-electron chi connectivity index (χ4n) is 4.84. The average Bonchev–Trinajstić information content (AvgIpc) is 3.17. The Kier molecular flexibility index (Phi) is 4.63. The van der Waals surface area contributed by atoms with E-state index in [-0.39, 0.29) is 0 Å². The molecular weight excluding hydrogens is 382 g/mol. The van der Waals surface area contributed by atoms with Crippen LogP contribution >= 0.6 is 0 Å². The van der Waals surface area contributed by atoms with Gasteiger partial charge in [0.15, 0.2) is 0 Å². The Balaban J connectivity index is 1.52. The lowest BCUT2D eigenvalue weighted by atomic mass is 9.99. The minimum Gasteiger partial charge on any atom is -0.369 e. The highest BCUT2D eigenvalue weighted by Gasteiger charge is 2.29. The number of hydrogen-bond donors (Lipinski definition) is 0. The summed E-state index contributed by atoms with van der Waals surface area (Å²) in [6, 6.07) is 15.9. The van der Waals surface area contributed by atoms with Crippen LogP contribution in [0.1, 0.15) is 24.8 Å². The molecule has 3 aromatic rings. The van der Waals surface area contributed by atoms with Gasteiger partial charge >= 0.3 is 0 Å². The van der Waals surface area contributed by atoms with E-state index in [4.69, 9.17) is 0 Å². The first-order valence-electron chi connectivity index (χ1n) is 10.5. The van der Waals surface area contributed by atoms with Crippen molar-refractivity contribution >= 4 is 26.6 Å². The van der Waals surface area contributed by atoms with Crippen molar-refractivity contribution < 1.29 is 8.42 Å². The van der Waals surface area contributed by atoms with Gasteiger partial charge in [0.2, 0.25) is 0 Å². The van der Waals surface area contributed by atoms with Gasteiger partial charge < -0.3 is 4.90 Å². The number of aromatic nitrogens is 1. The Morgan fingerprint density at radius 3 is 2.69 bits per heavy atom. The number of piperidine rings is 1. The number of anilines is 1. The van der Waals surface area contributed by atoms with Crippen LogP contribution < -0.4 is 4.90 Å². The third kappa shape index (κ3) is 3.24. The van der Waals surface area contributed by atoms with Gasteiger partial charge in [-0.1, -0.05) is 30.7 Å². The smallest absolute Gasteiger partial charge is 0.268 e. The van der Waals surface area contributed by atoms with Crippen LogP contribution in [0, 0.1) is 6.92 Å². The van der Waals surface area contributed by atoms with Gasteiger partial charge in [0, 0.05) is 42.9 Å². The SMILES string of the molecule is Cc1ccccc1S(=O)(=O)n1ccc2ccc(N3CCN4CCCCC4C3)cc21. The Morgan fingerprint density at radius 2 is 1.83 bits per heavy atom. The van der Waals surface area contributed by atoms with E-state index in [1.54, 1.807) is 18.3 Å². The first kappa shape index (κ1) is 18.7. The molecule has 5 rings (SSSR count). The fourth-order valence-corrected chi connectivity index (χ4v) is 6.42. The second-order valence-electron chi connectivity index (χ2n) is 8.26. The zero-order valence-corrected chi connectivity index (χ0v) is 17.6. The van der Waals surface area contributed by atoms with Crippen molar-refractivity contribution in [3.63, 3.8) is 0 Å². The van der Waals surface area contributed by atoms with E-state index in [2.05, 4.69) is 15.9 Å². The van der Waals surface area contributed by atoms with Gasteiger partial charge in [0.25, 0.3) is 10.0 Å². The molecule has 2 aliphatic heterocycles. The van der Waals surface area contributed by atoms with Gasteiger partial charge in [-0.15, -0.1) is 0 Å². The molecule has 0 amide bonds. The number of benzene rings is 2. The third-order valence-electron chi connectivity index (χ3n) is 6.47. The van der Waals surface area contributed by atoms with Crippen molar-refractivity contribution in [2.75, 3.05) is 31.1 Å². The Labute approximate surface area is 172 Å². The second kappa shape index (κ2) is 7.18. The zero-order chi connectivity index (χ0) is 20.0. The largest absolute Gasteiger partial charge is 0.369 e. The molecule has 0 aliphatic carbocycles. The van der Waals surface area contributed by atoms with Crippen LogP contribution in [-0.4, -0.2) is 49.5 Å². The molecule has 0 N–H and O–H groups in total. The molecule has 5 nitrogen and oxygen atoms in total. The fraction of sp³-hybridized carbons (Fsp3) is 0.391. The number of piperazine rings is 1. The van der Waals surface area contributed by atoms with Crippen molar-refractivity contribution in [1.29, 1.82) is 0 Å². The molecule has 0 radical (unpaired) electrons. The number of hydrogen-bond acceptors (Lipinski definition) is 4. The van der Waals surface area contributed by atoms with Gasteiger partial charge in [-0.05, 0) is 56.1 Å². The minimum absolute atomic E-state index is 0.360. The lowest BCUT2D eigenvalue weighted by Crippen LogP contribution is -2.54. The van der Waals surface area contributed by atoms with Crippen LogP contribution in [0.2, 0.25) is 0 Å². The molecule has 0 spiro atoms. The van der Waals surface area contributed by atoms with Crippen LogP contribution in [0.4, 0.5) is 5.69 Å². The summed E-state index contributed by atoms with van der Waals surface area (Å²) in [5.74, 6) is 0. The van der Waals surface area contributed by atoms with E-state index in [1.165, 1.54) is 29.8 Å². The van der Waals surface area contributed by atoms with Gasteiger partial charge in [-0.3, -0.25) is 4.90 Å². The number of aryl methyl sites for hydroxylation is 1. The van der Waals surface area contributed by atoms with Crippen LogP contribution in [0.5, 0.6) is 0 Å². The molecule has 0 bridgehead atoms. The number of fused-ring (bicyclic) bond motifs is 2. The molecule has 1 aromatic heterocycles. The van der Waals surface area contributed by atoms with Crippen LogP contribution in [0.15, 0.2) is 59.6 Å². The summed E-state index contributed by atoms with van der Waals surface area (Å²) in [6.07, 6.45) is 5.56. The maximum Gasteiger partial charge on any atom is 0.268 e. The Hall–Kier alpha value is -2.31. The maximum atomic E-state index is 13.3. The molecule has 152 valence electrons. The van der Waals surface area contributed by atoms with Crippen LogP contribution in [0.3, 0.4) is 0 Å². The average molecular weight is 410 g/mol. The summed E-state index contributed by atoms with van der Waals surface area (Å²) in [6.45, 7) is 6.16. The number of nitrogens with zero attached hydrogens (tertiary/aromatic N) is 3. The Bertz CT molecular complexity index is 1150. The summed E-state index contributed by atoms with van der Waals surface area (Å²) in [5, 5.41) is 0.946. The van der Waals surface area contributed by atoms with Crippen molar-refractivity contribution in [2.45, 2.75) is 37.1 Å². The Morgan fingerprint density at radius 1 is 0.966 bits per heavy atom. The van der Waals surface area contributed by atoms with Gasteiger partial charge in [0.05, 0.1) is 10.4 Å². The summed E-state index contributed by atoms with van der Waals surface area (Å²) < 4.78 is 28.1. The number of rotatable bonds is 3. The molecule has 6 heteroatoms. The molecule has 2 aromatic carbocycles. The van der Waals surface area contributed by atoms with E-state index in [1.807, 2.05) is 37.3 Å². The van der Waals surface area contributed by atoms with Crippen molar-refractivity contribution in [1.82, 2.24) is 8.87 Å². The molecule has 1 unspecified atom stereocenters. The van der Waals surface area contributed by atoms with Crippen LogP contribution in [0.25, 0.3) is 10.9 Å². The first-order chi connectivity index (χ1) is 14.0. The van der Waals surface area contributed by atoms with E-state index in [9.17, 15) is 8.42 Å². The predicted molar refractivity (Wildman–Crippen MR) is 117 cm³/mol. The monoisotopic (exact) mass is 409 g/mol. The standard InChI is InChI=1S/C23H27N3O2S/c1-18-6-2-3-8-23(18)29(27,28)26-13-11-19-9-10-20(16-22(19)26)25-15-14-24-12-5-4-7-21(24)17-25/h2-3,6,8-11,13,16,21H,4-5,7,12,14-15,17H2,1H3. The van der Waals surface area contributed by atoms with Gasteiger partial charge in [-0.25, -0.2) is 12.4 Å². The lowest BCUT2D eigenvalue weighted by molar-refractivity contribution is 0.133. The quantitative estimate of drug-likeness (QED) is 0.659. The highest BCUT2D eigenvalue weighted by molar-refractivity contribution is 7.90. The molecule has 3 heterocycles. The van der Waals surface area contributed by atoms with Crippen molar-refractivity contribution in [2.24, 2.45) is 0 Å². The first-order valence-corrected chi connectivity index (χ1v) is 11.9. The van der Waals surface area contributed by atoms with Crippen molar-refractivity contribution in [3.05, 3.63) is 60.3 Å². The molecular formula is C23H27N3O2S. The van der Waals surface area contributed by atoms with E-state index in [0.717, 1.165) is 41.8 Å². The molecule has 0 saturated carbocycles. The van der Waals surface area contributed by atoms with Gasteiger partial charge in [-0.2, -0.15) is 0 Å². The molecule has 29 heavy (non-hydrogen) atoms. The summed E-state index contributed by atoms with van der Waals surface area (Å²) >= 11 is 0. The second-order valence-corrected chi connectivity index (χ2v) is 10.0. The normalized spacial score (nSPS) is 20.7. The molecule has 2 aliphatic rings. The summed E-state index contributed by atoms with van der Waals surface area (Å²) in [4.78, 5) is 5.40. The van der Waals surface area contributed by atoms with E-state index in [0.29, 0.717) is 10.9 Å². The predicted octanol–water partition coefficient (Wildman–Crippen LogP) is 3.86. The topological polar surface area (TPSA) is 45.6 Å². The highest BCUT2D eigenvalue weighted by atomic mass is 32.2. The summed E-state index contributed by atoms with van der Waals surface area (Å²) in [5.41, 5.74) is 2.62. The van der Waals surface area contributed by atoms with E-state index < -0.39 is 10.0 Å². The summed E-state index contributed by atoms with van der Waals surface area (Å²) in [7, 11) is -3.63. The maximum absolute atomic E-state index is 13.3. The zero-order valence-electron chi connectivity index (χ0n) is 16.8. The minimum atomic E-state index is -3.63. The van der Waals surface area contributed by atoms with Crippen molar-refractivity contribution in [3.8, 4) is 0 Å². The van der Waals surface area contributed by atoms with Crippen LogP contribution in [-0.2, 0) is 10.0 Å². The molecule has 2 saturated heterocycles. The van der Waals surface area contributed by atoms with Gasteiger partial charge in [0.1, 0.15) is 0 Å². The lowest BCUT2D eigenvalue weighted by Gasteiger charge is -2.45. The highest BCUT2D eigenvalue weighted by Crippen LogP contribution is 2.30. The third-order valence-corrected chi connectivity index (χ3v) is 8.32. The molecule has 2 fully saturated rings. The molecule has 1 atom stereocenters.